The van der Waals surface area contributed by atoms with Crippen LogP contribution in [0.15, 0.2) is 36.4 Å². The number of ether oxygens (including phenoxy) is 1. The average Bonchev–Trinajstić information content (AvgIpc) is 3.64. The average molecular weight is 577 g/mol. The van der Waals surface area contributed by atoms with E-state index in [1.165, 1.54) is 24.8 Å². The Hall–Kier alpha value is -2.71. The summed E-state index contributed by atoms with van der Waals surface area (Å²) in [6.07, 6.45) is 13.3. The van der Waals surface area contributed by atoms with Gasteiger partial charge in [0.2, 0.25) is 17.7 Å². The molecular weight excluding hydrogens is 528 g/mol. The second kappa shape index (κ2) is 12.1. The fourth-order valence-electron chi connectivity index (χ4n) is 8.26. The van der Waals surface area contributed by atoms with Crippen molar-refractivity contribution in [1.29, 1.82) is 0 Å². The Kier molecular flexibility index (Phi) is 8.47. The highest BCUT2D eigenvalue weighted by Gasteiger charge is 2.72. The number of likely N-dealkylation sites (tertiary alicyclic amines) is 2. The number of nitrogens with one attached hydrogen (secondary N) is 2. The number of hydrogen-bond acceptors (Lipinski definition) is 5. The lowest BCUT2D eigenvalue weighted by atomic mass is 9.74. The smallest absolute Gasteiger partial charge is 0.246 e. The number of hydrogen-bond donors (Lipinski definition) is 2. The summed E-state index contributed by atoms with van der Waals surface area (Å²) in [5.74, 6) is -1.49. The SMILES string of the molecule is CC[C@@H]1CCCCN1CCN1C(=O)[C@H]2[C@H](C(=O)Nc3ccc(C(C)C)cc3)[C@H]3C=C[C@@]2(O3)[C@@H]1C(=O)NC1CCCCC1. The van der Waals surface area contributed by atoms with E-state index in [0.29, 0.717) is 24.2 Å². The third-order valence-electron chi connectivity index (χ3n) is 10.6. The van der Waals surface area contributed by atoms with E-state index >= 15 is 0 Å². The maximum absolute atomic E-state index is 14.3. The van der Waals surface area contributed by atoms with Crippen molar-refractivity contribution >= 4 is 23.4 Å². The first kappa shape index (κ1) is 29.4. The zero-order valence-electron chi connectivity index (χ0n) is 25.5. The van der Waals surface area contributed by atoms with Gasteiger partial charge in [-0.2, -0.15) is 0 Å². The highest BCUT2D eigenvalue weighted by molar-refractivity contribution is 6.02. The van der Waals surface area contributed by atoms with Crippen molar-refractivity contribution < 1.29 is 19.1 Å². The molecule has 8 heteroatoms. The van der Waals surface area contributed by atoms with E-state index in [2.05, 4.69) is 36.3 Å². The molecule has 228 valence electrons. The van der Waals surface area contributed by atoms with Crippen LogP contribution in [0.4, 0.5) is 5.69 Å². The quantitative estimate of drug-likeness (QED) is 0.419. The Morgan fingerprint density at radius 3 is 2.45 bits per heavy atom. The lowest BCUT2D eigenvalue weighted by Crippen LogP contribution is -2.57. The van der Waals surface area contributed by atoms with Crippen LogP contribution in [-0.2, 0) is 19.1 Å². The van der Waals surface area contributed by atoms with Crippen LogP contribution < -0.4 is 10.6 Å². The van der Waals surface area contributed by atoms with Gasteiger partial charge >= 0.3 is 0 Å². The number of nitrogens with zero attached hydrogens (tertiary/aromatic N) is 2. The third-order valence-corrected chi connectivity index (χ3v) is 10.6. The molecule has 6 atom stereocenters. The molecule has 2 N–H and O–H groups in total. The van der Waals surface area contributed by atoms with Crippen molar-refractivity contribution in [3.05, 3.63) is 42.0 Å². The van der Waals surface area contributed by atoms with Crippen molar-refractivity contribution in [1.82, 2.24) is 15.1 Å². The molecule has 4 aliphatic heterocycles. The van der Waals surface area contributed by atoms with Crippen LogP contribution in [0.3, 0.4) is 0 Å². The summed E-state index contributed by atoms with van der Waals surface area (Å²) in [5, 5.41) is 6.35. The van der Waals surface area contributed by atoms with E-state index in [1.807, 2.05) is 36.4 Å². The molecule has 4 fully saturated rings. The highest BCUT2D eigenvalue weighted by atomic mass is 16.5. The summed E-state index contributed by atoms with van der Waals surface area (Å²) in [6.45, 7) is 8.71. The van der Waals surface area contributed by atoms with Crippen LogP contribution in [0.1, 0.15) is 90.0 Å². The molecule has 1 saturated carbocycles. The van der Waals surface area contributed by atoms with E-state index in [1.54, 1.807) is 4.90 Å². The molecule has 4 heterocycles. The molecule has 42 heavy (non-hydrogen) atoms. The first-order valence-electron chi connectivity index (χ1n) is 16.4. The summed E-state index contributed by atoms with van der Waals surface area (Å²) >= 11 is 0. The second-order valence-corrected chi connectivity index (χ2v) is 13.4. The fraction of sp³-hybridized carbons (Fsp3) is 0.676. The van der Waals surface area contributed by atoms with Gasteiger partial charge in [-0.25, -0.2) is 0 Å². The lowest BCUT2D eigenvalue weighted by molar-refractivity contribution is -0.141. The van der Waals surface area contributed by atoms with Crippen LogP contribution in [0.5, 0.6) is 0 Å². The number of benzene rings is 1. The molecule has 2 bridgehead atoms. The Morgan fingerprint density at radius 1 is 1.00 bits per heavy atom. The Morgan fingerprint density at radius 2 is 1.74 bits per heavy atom. The van der Waals surface area contributed by atoms with E-state index in [0.717, 1.165) is 51.6 Å². The summed E-state index contributed by atoms with van der Waals surface area (Å²) in [6, 6.07) is 7.75. The summed E-state index contributed by atoms with van der Waals surface area (Å²) in [5.41, 5.74) is 0.788. The maximum atomic E-state index is 14.3. The van der Waals surface area contributed by atoms with Crippen molar-refractivity contribution in [3.8, 4) is 0 Å². The Balaban J connectivity index is 1.25. The van der Waals surface area contributed by atoms with Gasteiger partial charge in [0.15, 0.2) is 0 Å². The Labute approximate surface area is 250 Å². The topological polar surface area (TPSA) is 91.0 Å². The number of fused-ring (bicyclic) bond motifs is 1. The predicted molar refractivity (Wildman–Crippen MR) is 163 cm³/mol. The molecule has 0 radical (unpaired) electrons. The van der Waals surface area contributed by atoms with Gasteiger partial charge in [-0.15, -0.1) is 0 Å². The summed E-state index contributed by atoms with van der Waals surface area (Å²) < 4.78 is 6.55. The van der Waals surface area contributed by atoms with Gasteiger partial charge in [0.05, 0.1) is 17.9 Å². The van der Waals surface area contributed by atoms with E-state index in [9.17, 15) is 14.4 Å². The van der Waals surface area contributed by atoms with Crippen LogP contribution in [0.25, 0.3) is 0 Å². The minimum absolute atomic E-state index is 0.126. The van der Waals surface area contributed by atoms with Gasteiger partial charge in [-0.3, -0.25) is 19.3 Å². The highest BCUT2D eigenvalue weighted by Crippen LogP contribution is 2.55. The van der Waals surface area contributed by atoms with E-state index in [-0.39, 0.29) is 23.8 Å². The number of anilines is 1. The fourth-order valence-corrected chi connectivity index (χ4v) is 8.26. The van der Waals surface area contributed by atoms with Crippen LogP contribution in [0.2, 0.25) is 0 Å². The largest absolute Gasteiger partial charge is 0.359 e. The minimum Gasteiger partial charge on any atom is -0.359 e. The van der Waals surface area contributed by atoms with Crippen LogP contribution in [-0.4, -0.2) is 77.0 Å². The number of rotatable bonds is 9. The molecule has 1 aromatic rings. The van der Waals surface area contributed by atoms with Gasteiger partial charge in [0.25, 0.3) is 0 Å². The van der Waals surface area contributed by atoms with Gasteiger partial charge in [0, 0.05) is 30.9 Å². The van der Waals surface area contributed by atoms with Crippen LogP contribution >= 0.6 is 0 Å². The van der Waals surface area contributed by atoms with Crippen molar-refractivity contribution in [2.45, 2.75) is 114 Å². The van der Waals surface area contributed by atoms with E-state index in [4.69, 9.17) is 4.74 Å². The first-order valence-corrected chi connectivity index (χ1v) is 16.4. The summed E-state index contributed by atoms with van der Waals surface area (Å²) in [4.78, 5) is 46.4. The molecule has 3 saturated heterocycles. The van der Waals surface area contributed by atoms with Gasteiger partial charge < -0.3 is 20.3 Å². The van der Waals surface area contributed by atoms with Gasteiger partial charge in [-0.1, -0.05) is 70.7 Å². The molecule has 5 aliphatic rings. The van der Waals surface area contributed by atoms with Crippen molar-refractivity contribution in [2.75, 3.05) is 25.0 Å². The predicted octanol–water partition coefficient (Wildman–Crippen LogP) is 4.61. The molecule has 1 aliphatic carbocycles. The first-order chi connectivity index (χ1) is 20.3. The van der Waals surface area contributed by atoms with Crippen molar-refractivity contribution in [2.24, 2.45) is 11.8 Å². The zero-order chi connectivity index (χ0) is 29.4. The number of carbonyl (C=O) groups excluding carboxylic acids is 3. The van der Waals surface area contributed by atoms with Crippen LogP contribution in [0, 0.1) is 11.8 Å². The minimum atomic E-state index is -1.12. The number of carbonyl (C=O) groups is 3. The molecular formula is C34H48N4O4. The number of amides is 3. The molecule has 8 nitrogen and oxygen atoms in total. The Bertz CT molecular complexity index is 1190. The maximum Gasteiger partial charge on any atom is 0.246 e. The number of piperidine rings is 1. The molecule has 3 amide bonds. The second-order valence-electron chi connectivity index (χ2n) is 13.4. The van der Waals surface area contributed by atoms with Gasteiger partial charge in [0.1, 0.15) is 11.6 Å². The standard InChI is InChI=1S/C34H48N4O4/c1-4-26-12-8-9-19-37(26)20-21-38-30(32(40)36-24-10-6-5-7-11-24)34-18-17-27(42-34)28(29(34)33(38)41)31(39)35-25-15-13-23(14-16-25)22(2)3/h13-18,22,24,26-30H,4-12,19-21H2,1-3H3,(H,35,39)(H,36,40)/t26-,27-,28-,29-,30+,34+/m1/s1. The lowest BCUT2D eigenvalue weighted by Gasteiger charge is -2.38. The van der Waals surface area contributed by atoms with Crippen molar-refractivity contribution in [3.63, 3.8) is 0 Å². The molecule has 1 spiro atoms. The van der Waals surface area contributed by atoms with E-state index < -0.39 is 29.6 Å². The molecule has 0 aromatic heterocycles. The molecule has 0 unspecified atom stereocenters. The van der Waals surface area contributed by atoms with Gasteiger partial charge in [-0.05, 0) is 62.3 Å². The normalized spacial score (nSPS) is 32.9. The third kappa shape index (κ3) is 5.30. The monoisotopic (exact) mass is 576 g/mol. The molecule has 1 aromatic carbocycles. The summed E-state index contributed by atoms with van der Waals surface area (Å²) in [7, 11) is 0. The zero-order valence-corrected chi connectivity index (χ0v) is 25.5. The molecule has 6 rings (SSSR count).